The van der Waals surface area contributed by atoms with Crippen LogP contribution in [-0.4, -0.2) is 39.3 Å². The second-order valence-electron chi connectivity index (χ2n) is 6.44. The largest absolute Gasteiger partial charge is 0.494 e. The fraction of sp³-hybridized carbons (Fsp3) is 0.263. The molecule has 150 valence electrons. The maximum Gasteiger partial charge on any atom is 0.414 e. The second-order valence-corrected chi connectivity index (χ2v) is 6.44. The predicted molar refractivity (Wildman–Crippen MR) is 99.1 cm³/mol. The number of fused-ring (bicyclic) bond motifs is 1. The van der Waals surface area contributed by atoms with E-state index in [4.69, 9.17) is 14.2 Å². The van der Waals surface area contributed by atoms with Gasteiger partial charge in [0.05, 0.1) is 26.0 Å². The van der Waals surface area contributed by atoms with Gasteiger partial charge in [-0.25, -0.2) is 4.39 Å². The molecule has 3 heterocycles. The number of pyridine rings is 1. The van der Waals surface area contributed by atoms with Crippen molar-refractivity contribution < 1.29 is 23.5 Å². The summed E-state index contributed by atoms with van der Waals surface area (Å²) in [6.45, 7) is 0.960. The van der Waals surface area contributed by atoms with E-state index in [0.717, 1.165) is 5.56 Å². The van der Waals surface area contributed by atoms with Crippen LogP contribution in [0.25, 0.3) is 11.3 Å². The molecule has 29 heavy (non-hydrogen) atoms. The molecule has 1 aliphatic heterocycles. The maximum absolute atomic E-state index is 13.9. The minimum atomic E-state index is -0.563. The van der Waals surface area contributed by atoms with Gasteiger partial charge in [-0.3, -0.25) is 9.55 Å². The summed E-state index contributed by atoms with van der Waals surface area (Å²) in [5, 5.41) is 10.8. The summed E-state index contributed by atoms with van der Waals surface area (Å²) in [6.07, 6.45) is 2.72. The Morgan fingerprint density at radius 3 is 2.93 bits per heavy atom. The fourth-order valence-corrected chi connectivity index (χ4v) is 2.98. The van der Waals surface area contributed by atoms with Gasteiger partial charge in [0, 0.05) is 16.7 Å². The van der Waals surface area contributed by atoms with E-state index in [0.29, 0.717) is 24.4 Å². The number of rotatable bonds is 6. The third-order valence-corrected chi connectivity index (χ3v) is 4.47. The van der Waals surface area contributed by atoms with Crippen molar-refractivity contribution in [3.8, 4) is 23.0 Å². The third-order valence-electron chi connectivity index (χ3n) is 4.47. The van der Waals surface area contributed by atoms with Crippen molar-refractivity contribution in [3.05, 3.63) is 64.2 Å². The molecule has 9 nitrogen and oxygen atoms in total. The highest BCUT2D eigenvalue weighted by Gasteiger charge is 2.28. The highest BCUT2D eigenvalue weighted by Crippen LogP contribution is 2.25. The predicted octanol–water partition coefficient (Wildman–Crippen LogP) is 2.98. The molecule has 0 aliphatic carbocycles. The van der Waals surface area contributed by atoms with Gasteiger partial charge in [0.15, 0.2) is 11.6 Å². The number of halogens is 1. The lowest BCUT2D eigenvalue weighted by Crippen LogP contribution is -2.32. The molecule has 0 bridgehead atoms. The Labute approximate surface area is 164 Å². The minimum absolute atomic E-state index is 0.180. The van der Waals surface area contributed by atoms with Crippen LogP contribution in [0.3, 0.4) is 0 Å². The Morgan fingerprint density at radius 2 is 2.24 bits per heavy atom. The lowest BCUT2D eigenvalue weighted by atomic mass is 10.1. The van der Waals surface area contributed by atoms with E-state index in [9.17, 15) is 14.5 Å². The Morgan fingerprint density at radius 1 is 1.38 bits per heavy atom. The average molecular weight is 400 g/mol. The Hall–Kier alpha value is -3.53. The number of methoxy groups -OCH3 is 1. The first-order chi connectivity index (χ1) is 14.0. The van der Waals surface area contributed by atoms with Crippen LogP contribution in [0.15, 0.2) is 42.7 Å². The standard InChI is InChI=1S/C19H17FN4O5/c1-27-17-5-3-13(6-15(17)20)16-4-2-12(7-21-16)10-28-14-8-23-9-18(24(25)26)22-19(23)29-11-14/h2-7,9,14H,8,10-11H2,1H3/t14-/m0/s1. The number of hydrogen-bond donors (Lipinski definition) is 0. The van der Waals surface area contributed by atoms with Gasteiger partial charge in [0.1, 0.15) is 18.9 Å². The van der Waals surface area contributed by atoms with Crippen LogP contribution in [0.1, 0.15) is 5.56 Å². The molecule has 3 aromatic rings. The molecule has 2 aromatic heterocycles. The minimum Gasteiger partial charge on any atom is -0.494 e. The van der Waals surface area contributed by atoms with E-state index in [1.54, 1.807) is 29.0 Å². The van der Waals surface area contributed by atoms with Crippen LogP contribution in [0.2, 0.25) is 0 Å². The van der Waals surface area contributed by atoms with Crippen LogP contribution in [0.4, 0.5) is 10.2 Å². The smallest absolute Gasteiger partial charge is 0.414 e. The molecule has 0 radical (unpaired) electrons. The van der Waals surface area contributed by atoms with Crippen LogP contribution >= 0.6 is 0 Å². The zero-order chi connectivity index (χ0) is 20.4. The molecule has 0 fully saturated rings. The number of nitro groups is 1. The summed E-state index contributed by atoms with van der Waals surface area (Å²) in [5.74, 6) is -0.522. The SMILES string of the molecule is COc1ccc(-c2ccc(CO[C@@H]3COc4nc([N+](=O)[O-])cn4C3)cn2)cc1F. The fourth-order valence-electron chi connectivity index (χ4n) is 2.98. The molecule has 0 unspecified atom stereocenters. The summed E-state index contributed by atoms with van der Waals surface area (Å²) in [5.41, 5.74) is 2.11. The highest BCUT2D eigenvalue weighted by atomic mass is 19.1. The van der Waals surface area contributed by atoms with Crippen molar-refractivity contribution in [2.75, 3.05) is 13.7 Å². The highest BCUT2D eigenvalue weighted by molar-refractivity contribution is 5.60. The number of aromatic nitrogens is 3. The Bertz CT molecular complexity index is 1040. The number of benzene rings is 1. The van der Waals surface area contributed by atoms with Crippen molar-refractivity contribution in [3.63, 3.8) is 0 Å². The van der Waals surface area contributed by atoms with Gasteiger partial charge in [-0.05, 0) is 34.8 Å². The first-order valence-electron chi connectivity index (χ1n) is 8.78. The van der Waals surface area contributed by atoms with Crippen molar-refractivity contribution in [2.45, 2.75) is 19.3 Å². The van der Waals surface area contributed by atoms with Crippen molar-refractivity contribution in [1.82, 2.24) is 14.5 Å². The summed E-state index contributed by atoms with van der Waals surface area (Å²) >= 11 is 0. The molecule has 0 saturated carbocycles. The van der Waals surface area contributed by atoms with Crippen molar-refractivity contribution in [1.29, 1.82) is 0 Å². The normalized spacial score (nSPS) is 15.4. The number of ether oxygens (including phenoxy) is 3. The van der Waals surface area contributed by atoms with Crippen molar-refractivity contribution in [2.24, 2.45) is 0 Å². The van der Waals surface area contributed by atoms with Gasteiger partial charge in [-0.2, -0.15) is 0 Å². The Kier molecular flexibility index (Phi) is 5.09. The van der Waals surface area contributed by atoms with Gasteiger partial charge in [0.25, 0.3) is 0 Å². The third kappa shape index (κ3) is 4.02. The second kappa shape index (κ2) is 7.84. The van der Waals surface area contributed by atoms with E-state index in [-0.39, 0.29) is 30.3 Å². The molecule has 1 atom stereocenters. The van der Waals surface area contributed by atoms with Gasteiger partial charge >= 0.3 is 11.8 Å². The van der Waals surface area contributed by atoms with E-state index in [1.165, 1.54) is 19.4 Å². The molecule has 10 heteroatoms. The number of imidazole rings is 1. The zero-order valence-corrected chi connectivity index (χ0v) is 15.4. The van der Waals surface area contributed by atoms with Gasteiger partial charge in [-0.1, -0.05) is 6.07 Å². The first kappa shape index (κ1) is 18.8. The van der Waals surface area contributed by atoms with E-state index in [1.807, 2.05) is 6.07 Å². The molecule has 0 amide bonds. The molecule has 4 rings (SSSR count). The van der Waals surface area contributed by atoms with Gasteiger partial charge < -0.3 is 24.3 Å². The quantitative estimate of drug-likeness (QED) is 0.463. The molecular formula is C19H17FN4O5. The lowest BCUT2D eigenvalue weighted by molar-refractivity contribution is -0.389. The monoisotopic (exact) mass is 400 g/mol. The van der Waals surface area contributed by atoms with Crippen LogP contribution in [0, 0.1) is 15.9 Å². The average Bonchev–Trinajstić information content (AvgIpc) is 3.16. The van der Waals surface area contributed by atoms with E-state index in [2.05, 4.69) is 9.97 Å². The molecule has 0 N–H and O–H groups in total. The van der Waals surface area contributed by atoms with Crippen LogP contribution < -0.4 is 9.47 Å². The molecule has 1 aromatic carbocycles. The molecule has 1 aliphatic rings. The Balaban J connectivity index is 1.37. The van der Waals surface area contributed by atoms with Crippen LogP contribution in [-0.2, 0) is 17.9 Å². The molecule has 0 saturated heterocycles. The molecular weight excluding hydrogens is 383 g/mol. The first-order valence-corrected chi connectivity index (χ1v) is 8.78. The van der Waals surface area contributed by atoms with Crippen molar-refractivity contribution >= 4 is 5.82 Å². The summed E-state index contributed by atoms with van der Waals surface area (Å²) in [4.78, 5) is 18.4. The molecule has 0 spiro atoms. The van der Waals surface area contributed by atoms with Crippen LogP contribution in [0.5, 0.6) is 11.8 Å². The zero-order valence-electron chi connectivity index (χ0n) is 15.4. The topological polar surface area (TPSA) is 102 Å². The van der Waals surface area contributed by atoms with E-state index >= 15 is 0 Å². The van der Waals surface area contributed by atoms with Gasteiger partial charge in [-0.15, -0.1) is 0 Å². The summed E-state index contributed by atoms with van der Waals surface area (Å²) < 4.78 is 31.6. The van der Waals surface area contributed by atoms with E-state index < -0.39 is 10.7 Å². The number of nitrogens with zero attached hydrogens (tertiary/aromatic N) is 4. The number of hydrogen-bond acceptors (Lipinski definition) is 7. The summed E-state index contributed by atoms with van der Waals surface area (Å²) in [6, 6.07) is 8.52. The van der Waals surface area contributed by atoms with Gasteiger partial charge in [0.2, 0.25) is 0 Å². The lowest BCUT2D eigenvalue weighted by Gasteiger charge is -2.22. The maximum atomic E-state index is 13.9. The summed E-state index contributed by atoms with van der Waals surface area (Å²) in [7, 11) is 1.41.